The number of carbonyl (C=O) groups is 1. The third-order valence-corrected chi connectivity index (χ3v) is 3.46. The fourth-order valence-electron chi connectivity index (χ4n) is 2.40. The van der Waals surface area contributed by atoms with Gasteiger partial charge in [-0.05, 0) is 56.3 Å². The lowest BCUT2D eigenvalue weighted by molar-refractivity contribution is -0.118. The van der Waals surface area contributed by atoms with E-state index in [0.717, 1.165) is 30.5 Å². The molecule has 1 unspecified atom stereocenters. The first-order valence-electron chi connectivity index (χ1n) is 6.21. The van der Waals surface area contributed by atoms with Crippen LogP contribution >= 0.6 is 11.6 Å². The molecule has 1 aromatic rings. The van der Waals surface area contributed by atoms with Crippen molar-refractivity contribution in [2.75, 3.05) is 20.6 Å². The maximum absolute atomic E-state index is 12.2. The minimum Gasteiger partial charge on any atom is -0.309 e. The first-order valence-corrected chi connectivity index (χ1v) is 6.59. The lowest BCUT2D eigenvalue weighted by Gasteiger charge is -2.13. The predicted molar refractivity (Wildman–Crippen MR) is 75.7 cm³/mol. The van der Waals surface area contributed by atoms with Crippen LogP contribution in [0.4, 0.5) is 0 Å². The summed E-state index contributed by atoms with van der Waals surface area (Å²) in [7, 11) is 4.01. The van der Waals surface area contributed by atoms with Gasteiger partial charge in [-0.25, -0.2) is 0 Å². The van der Waals surface area contributed by atoms with E-state index in [1.54, 1.807) is 0 Å². The van der Waals surface area contributed by atoms with E-state index in [2.05, 4.69) is 4.90 Å². The lowest BCUT2D eigenvalue weighted by atomic mass is 10.0. The van der Waals surface area contributed by atoms with Crippen LogP contribution in [0.15, 0.2) is 29.8 Å². The van der Waals surface area contributed by atoms with Crippen LogP contribution in [0.25, 0.3) is 6.08 Å². The molecule has 18 heavy (non-hydrogen) atoms. The van der Waals surface area contributed by atoms with Crippen LogP contribution in [-0.4, -0.2) is 31.3 Å². The van der Waals surface area contributed by atoms with Crippen molar-refractivity contribution in [2.24, 2.45) is 5.92 Å². The fourth-order valence-corrected chi connectivity index (χ4v) is 2.60. The van der Waals surface area contributed by atoms with Gasteiger partial charge in [-0.1, -0.05) is 23.7 Å². The number of rotatable bonds is 3. The van der Waals surface area contributed by atoms with Gasteiger partial charge in [-0.3, -0.25) is 4.79 Å². The van der Waals surface area contributed by atoms with Crippen LogP contribution in [0.5, 0.6) is 0 Å². The summed E-state index contributed by atoms with van der Waals surface area (Å²) < 4.78 is 0. The van der Waals surface area contributed by atoms with E-state index >= 15 is 0 Å². The Morgan fingerprint density at radius 1 is 1.44 bits per heavy atom. The predicted octanol–water partition coefficient (Wildman–Crippen LogP) is 3.26. The maximum Gasteiger partial charge on any atom is 0.163 e. The fraction of sp³-hybridized carbons (Fsp3) is 0.400. The average Bonchev–Trinajstić information content (AvgIpc) is 2.61. The van der Waals surface area contributed by atoms with Crippen LogP contribution < -0.4 is 0 Å². The van der Waals surface area contributed by atoms with Crippen LogP contribution in [0.1, 0.15) is 18.4 Å². The third kappa shape index (κ3) is 3.21. The molecule has 0 bridgehead atoms. The van der Waals surface area contributed by atoms with Gasteiger partial charge in [-0.15, -0.1) is 0 Å². The number of ketones is 1. The molecule has 1 aliphatic carbocycles. The van der Waals surface area contributed by atoms with Crippen LogP contribution in [0, 0.1) is 5.92 Å². The van der Waals surface area contributed by atoms with E-state index in [9.17, 15) is 4.79 Å². The van der Waals surface area contributed by atoms with Crippen molar-refractivity contribution in [1.29, 1.82) is 0 Å². The van der Waals surface area contributed by atoms with Crippen molar-refractivity contribution in [3.63, 3.8) is 0 Å². The highest BCUT2D eigenvalue weighted by Gasteiger charge is 2.29. The molecular formula is C15H18ClNO. The summed E-state index contributed by atoms with van der Waals surface area (Å²) >= 11 is 5.94. The monoisotopic (exact) mass is 263 g/mol. The Kier molecular flexibility index (Phi) is 4.20. The molecule has 1 fully saturated rings. The molecule has 2 rings (SSSR count). The van der Waals surface area contributed by atoms with Gasteiger partial charge >= 0.3 is 0 Å². The Labute approximate surface area is 113 Å². The molecule has 0 spiro atoms. The van der Waals surface area contributed by atoms with Crippen molar-refractivity contribution in [1.82, 2.24) is 4.90 Å². The first-order chi connectivity index (χ1) is 8.56. The molecule has 0 amide bonds. The Morgan fingerprint density at radius 2 is 2.22 bits per heavy atom. The highest BCUT2D eigenvalue weighted by Crippen LogP contribution is 2.29. The number of allylic oxidation sites excluding steroid dienone is 1. The molecule has 0 aromatic heterocycles. The van der Waals surface area contributed by atoms with Crippen molar-refractivity contribution in [3.8, 4) is 0 Å². The van der Waals surface area contributed by atoms with Crippen molar-refractivity contribution in [2.45, 2.75) is 12.8 Å². The largest absolute Gasteiger partial charge is 0.309 e. The molecular weight excluding hydrogens is 246 g/mol. The molecule has 0 aliphatic heterocycles. The summed E-state index contributed by atoms with van der Waals surface area (Å²) in [6.07, 6.45) is 3.82. The van der Waals surface area contributed by atoms with Crippen molar-refractivity contribution >= 4 is 23.5 Å². The third-order valence-electron chi connectivity index (χ3n) is 3.22. The molecule has 0 N–H and O–H groups in total. The van der Waals surface area contributed by atoms with Crippen molar-refractivity contribution in [3.05, 3.63) is 40.4 Å². The highest BCUT2D eigenvalue weighted by atomic mass is 35.5. The second-order valence-corrected chi connectivity index (χ2v) is 5.52. The Hall–Kier alpha value is -1.12. The maximum atomic E-state index is 12.2. The quantitative estimate of drug-likeness (QED) is 0.780. The second kappa shape index (κ2) is 5.68. The summed E-state index contributed by atoms with van der Waals surface area (Å²) in [6, 6.07) is 7.62. The van der Waals surface area contributed by atoms with E-state index in [1.165, 1.54) is 0 Å². The molecule has 1 saturated carbocycles. The van der Waals surface area contributed by atoms with Gasteiger partial charge in [0.05, 0.1) is 0 Å². The van der Waals surface area contributed by atoms with E-state index in [1.807, 2.05) is 44.4 Å². The standard InChI is InChI=1S/C15H18ClNO/c1-17(2)10-13-7-6-12(15(13)18)8-11-4-3-5-14(16)9-11/h3-5,8-9,13H,6-7,10H2,1-2H3. The molecule has 1 aliphatic rings. The van der Waals surface area contributed by atoms with Gasteiger partial charge in [0.25, 0.3) is 0 Å². The summed E-state index contributed by atoms with van der Waals surface area (Å²) in [5.74, 6) is 0.453. The molecule has 0 radical (unpaired) electrons. The normalized spacial score (nSPS) is 22.1. The zero-order chi connectivity index (χ0) is 13.1. The number of hydrogen-bond acceptors (Lipinski definition) is 2. The minimum atomic E-state index is 0.158. The molecule has 0 saturated heterocycles. The summed E-state index contributed by atoms with van der Waals surface area (Å²) in [4.78, 5) is 14.3. The zero-order valence-corrected chi connectivity index (χ0v) is 11.6. The zero-order valence-electron chi connectivity index (χ0n) is 10.8. The van der Waals surface area contributed by atoms with E-state index in [4.69, 9.17) is 11.6 Å². The molecule has 0 heterocycles. The number of halogens is 1. The highest BCUT2D eigenvalue weighted by molar-refractivity contribution is 6.30. The van der Waals surface area contributed by atoms with Gasteiger partial charge in [-0.2, -0.15) is 0 Å². The lowest BCUT2D eigenvalue weighted by Crippen LogP contribution is -2.24. The van der Waals surface area contributed by atoms with Gasteiger partial charge in [0.2, 0.25) is 0 Å². The summed E-state index contributed by atoms with van der Waals surface area (Å²) in [5.41, 5.74) is 1.94. The van der Waals surface area contributed by atoms with Gasteiger partial charge in [0, 0.05) is 17.5 Å². The second-order valence-electron chi connectivity index (χ2n) is 5.09. The number of nitrogens with zero attached hydrogens (tertiary/aromatic N) is 1. The van der Waals surface area contributed by atoms with Crippen LogP contribution in [0.3, 0.4) is 0 Å². The number of hydrogen-bond donors (Lipinski definition) is 0. The van der Waals surface area contributed by atoms with E-state index < -0.39 is 0 Å². The van der Waals surface area contributed by atoms with Crippen LogP contribution in [-0.2, 0) is 4.79 Å². The van der Waals surface area contributed by atoms with Gasteiger partial charge in [0.1, 0.15) is 0 Å². The van der Waals surface area contributed by atoms with Crippen molar-refractivity contribution < 1.29 is 4.79 Å². The number of benzene rings is 1. The van der Waals surface area contributed by atoms with Gasteiger partial charge in [0.15, 0.2) is 5.78 Å². The topological polar surface area (TPSA) is 20.3 Å². The smallest absolute Gasteiger partial charge is 0.163 e. The molecule has 1 atom stereocenters. The van der Waals surface area contributed by atoms with Crippen LogP contribution in [0.2, 0.25) is 5.02 Å². The minimum absolute atomic E-state index is 0.158. The number of Topliss-reactive ketones (excluding diaryl/α,β-unsaturated/α-hetero) is 1. The Morgan fingerprint density at radius 3 is 2.89 bits per heavy atom. The van der Waals surface area contributed by atoms with E-state index in [0.29, 0.717) is 10.8 Å². The number of carbonyl (C=O) groups excluding carboxylic acids is 1. The SMILES string of the molecule is CN(C)CC1CCC(=Cc2cccc(Cl)c2)C1=O. The molecule has 96 valence electrons. The molecule has 2 nitrogen and oxygen atoms in total. The molecule has 1 aromatic carbocycles. The van der Waals surface area contributed by atoms with Gasteiger partial charge < -0.3 is 4.90 Å². The Bertz CT molecular complexity index is 479. The molecule has 3 heteroatoms. The first kappa shape index (κ1) is 13.3. The summed E-state index contributed by atoms with van der Waals surface area (Å²) in [6.45, 7) is 0.839. The average molecular weight is 264 g/mol. The summed E-state index contributed by atoms with van der Waals surface area (Å²) in [5, 5.41) is 0.708. The Balaban J connectivity index is 2.13. The van der Waals surface area contributed by atoms with E-state index in [-0.39, 0.29) is 5.92 Å².